The summed E-state index contributed by atoms with van der Waals surface area (Å²) in [6, 6.07) is 3.09. The molecule has 0 spiro atoms. The Morgan fingerprint density at radius 3 is 2.40 bits per heavy atom. The smallest absolute Gasteiger partial charge is 0.411 e. The van der Waals surface area contributed by atoms with Crippen molar-refractivity contribution in [3.63, 3.8) is 0 Å². The van der Waals surface area contributed by atoms with Crippen LogP contribution in [0.5, 0.6) is 11.5 Å². The van der Waals surface area contributed by atoms with Crippen molar-refractivity contribution in [3.8, 4) is 11.5 Å². The molecule has 0 saturated carbocycles. The normalized spacial score (nSPS) is 16.1. The number of rotatable bonds is 4. The van der Waals surface area contributed by atoms with Gasteiger partial charge >= 0.3 is 6.18 Å². The highest BCUT2D eigenvalue weighted by Crippen LogP contribution is 2.39. The van der Waals surface area contributed by atoms with Crippen molar-refractivity contribution in [2.45, 2.75) is 11.6 Å². The van der Waals surface area contributed by atoms with Crippen molar-refractivity contribution < 1.29 is 27.4 Å². The lowest BCUT2D eigenvalue weighted by Gasteiger charge is -2.21. The van der Waals surface area contributed by atoms with Gasteiger partial charge in [-0.15, -0.1) is 11.6 Å². The summed E-state index contributed by atoms with van der Waals surface area (Å²) in [5.74, 6) is 0.960. The van der Waals surface area contributed by atoms with E-state index in [1.807, 2.05) is 0 Å². The average molecular weight is 331 g/mol. The highest BCUT2D eigenvalue weighted by molar-refractivity contribution is 6.33. The van der Waals surface area contributed by atoms with Gasteiger partial charge in [-0.1, -0.05) is 11.6 Å². The molecule has 0 bridgehead atoms. The Morgan fingerprint density at radius 2 is 1.80 bits per heavy atom. The molecule has 20 heavy (non-hydrogen) atoms. The SMILES string of the molecule is FC(F)(F)COCC(Cl)c1cc2c(cc1Cl)OCCO2. The van der Waals surface area contributed by atoms with Gasteiger partial charge < -0.3 is 14.2 Å². The molecule has 0 saturated heterocycles. The molecule has 8 heteroatoms. The van der Waals surface area contributed by atoms with Crippen LogP contribution >= 0.6 is 23.2 Å². The maximum atomic E-state index is 12.0. The standard InChI is InChI=1S/C12H11Cl2F3O3/c13-8-4-11-10(19-1-2-20-11)3-7(8)9(14)5-18-6-12(15,16)17/h3-4,9H,1-2,5-6H2. The van der Waals surface area contributed by atoms with Crippen LogP contribution in [0.4, 0.5) is 13.2 Å². The quantitative estimate of drug-likeness (QED) is 0.782. The van der Waals surface area contributed by atoms with E-state index in [4.69, 9.17) is 32.7 Å². The van der Waals surface area contributed by atoms with Gasteiger partial charge in [0, 0.05) is 11.1 Å². The third kappa shape index (κ3) is 4.07. The Hall–Kier alpha value is -0.850. The zero-order chi connectivity index (χ0) is 14.8. The third-order valence-electron chi connectivity index (χ3n) is 2.53. The van der Waals surface area contributed by atoms with Gasteiger partial charge in [-0.05, 0) is 11.6 Å². The molecule has 1 aliphatic rings. The van der Waals surface area contributed by atoms with Crippen molar-refractivity contribution in [3.05, 3.63) is 22.7 Å². The Balaban J connectivity index is 2.04. The van der Waals surface area contributed by atoms with Gasteiger partial charge in [-0.3, -0.25) is 0 Å². The molecule has 2 rings (SSSR count). The summed E-state index contributed by atoms with van der Waals surface area (Å²) >= 11 is 12.0. The summed E-state index contributed by atoms with van der Waals surface area (Å²) in [6.45, 7) is -0.841. The first kappa shape index (κ1) is 15.5. The van der Waals surface area contributed by atoms with Crippen molar-refractivity contribution in [1.29, 1.82) is 0 Å². The molecule has 1 aromatic rings. The lowest BCUT2D eigenvalue weighted by atomic mass is 10.1. The molecule has 1 heterocycles. The van der Waals surface area contributed by atoms with Crippen LogP contribution in [0.1, 0.15) is 10.9 Å². The molecule has 0 aromatic heterocycles. The van der Waals surface area contributed by atoms with Gasteiger partial charge in [0.05, 0.1) is 12.0 Å². The van der Waals surface area contributed by atoms with E-state index in [1.165, 1.54) is 6.07 Å². The number of hydrogen-bond acceptors (Lipinski definition) is 3. The van der Waals surface area contributed by atoms with Crippen molar-refractivity contribution in [2.75, 3.05) is 26.4 Å². The van der Waals surface area contributed by atoms with Crippen molar-refractivity contribution in [2.24, 2.45) is 0 Å². The van der Waals surface area contributed by atoms with Crippen LogP contribution in [-0.4, -0.2) is 32.6 Å². The number of alkyl halides is 4. The van der Waals surface area contributed by atoms with Gasteiger partial charge in [0.15, 0.2) is 11.5 Å². The topological polar surface area (TPSA) is 27.7 Å². The van der Waals surface area contributed by atoms with E-state index in [1.54, 1.807) is 6.07 Å². The molecule has 1 aliphatic heterocycles. The summed E-state index contributed by atoms with van der Waals surface area (Å²) in [4.78, 5) is 0. The highest BCUT2D eigenvalue weighted by atomic mass is 35.5. The first-order valence-electron chi connectivity index (χ1n) is 5.74. The second kappa shape index (κ2) is 6.28. The fraction of sp³-hybridized carbons (Fsp3) is 0.500. The van der Waals surface area contributed by atoms with E-state index in [-0.39, 0.29) is 6.61 Å². The maximum absolute atomic E-state index is 12.0. The first-order valence-corrected chi connectivity index (χ1v) is 6.56. The zero-order valence-corrected chi connectivity index (χ0v) is 11.7. The second-order valence-electron chi connectivity index (χ2n) is 4.12. The molecule has 0 radical (unpaired) electrons. The summed E-state index contributed by atoms with van der Waals surface area (Å²) in [5.41, 5.74) is 0.444. The molecular weight excluding hydrogens is 320 g/mol. The average Bonchev–Trinajstić information content (AvgIpc) is 2.36. The number of hydrogen-bond donors (Lipinski definition) is 0. The van der Waals surface area contributed by atoms with Crippen LogP contribution in [0.15, 0.2) is 12.1 Å². The van der Waals surface area contributed by atoms with E-state index in [2.05, 4.69) is 4.74 Å². The molecule has 0 aliphatic carbocycles. The predicted octanol–water partition coefficient (Wildman–Crippen LogP) is 3.97. The van der Waals surface area contributed by atoms with E-state index in [0.29, 0.717) is 35.3 Å². The number of halogens is 5. The maximum Gasteiger partial charge on any atom is 0.411 e. The van der Waals surface area contributed by atoms with E-state index in [9.17, 15) is 13.2 Å². The highest BCUT2D eigenvalue weighted by Gasteiger charge is 2.28. The van der Waals surface area contributed by atoms with E-state index < -0.39 is 18.2 Å². The number of benzene rings is 1. The fourth-order valence-electron chi connectivity index (χ4n) is 1.69. The Morgan fingerprint density at radius 1 is 1.20 bits per heavy atom. The minimum absolute atomic E-state index is 0.296. The minimum Gasteiger partial charge on any atom is -0.486 e. The monoisotopic (exact) mass is 330 g/mol. The van der Waals surface area contributed by atoms with Crippen LogP contribution in [0.25, 0.3) is 0 Å². The van der Waals surface area contributed by atoms with Crippen LogP contribution in [0, 0.1) is 0 Å². The second-order valence-corrected chi connectivity index (χ2v) is 5.05. The molecule has 1 aromatic carbocycles. The molecular formula is C12H11Cl2F3O3. The molecule has 0 fully saturated rings. The van der Waals surface area contributed by atoms with Crippen LogP contribution in [-0.2, 0) is 4.74 Å². The van der Waals surface area contributed by atoms with E-state index in [0.717, 1.165) is 0 Å². The molecule has 1 unspecified atom stereocenters. The Bertz CT molecular complexity index is 480. The predicted molar refractivity (Wildman–Crippen MR) is 67.9 cm³/mol. The number of fused-ring (bicyclic) bond motifs is 1. The Kier molecular flexibility index (Phi) is 4.88. The minimum atomic E-state index is -4.38. The summed E-state index contributed by atoms with van der Waals surface area (Å²) in [6.07, 6.45) is -4.38. The van der Waals surface area contributed by atoms with E-state index >= 15 is 0 Å². The van der Waals surface area contributed by atoms with Gasteiger partial charge in [-0.2, -0.15) is 13.2 Å². The van der Waals surface area contributed by atoms with Crippen molar-refractivity contribution in [1.82, 2.24) is 0 Å². The lowest BCUT2D eigenvalue weighted by molar-refractivity contribution is -0.173. The summed E-state index contributed by atoms with van der Waals surface area (Å²) in [5, 5.41) is -0.509. The molecule has 0 amide bonds. The fourth-order valence-corrected chi connectivity index (χ4v) is 2.30. The van der Waals surface area contributed by atoms with Crippen LogP contribution in [0.2, 0.25) is 5.02 Å². The molecule has 112 valence electrons. The molecule has 1 atom stereocenters. The largest absolute Gasteiger partial charge is 0.486 e. The molecule has 0 N–H and O–H groups in total. The van der Waals surface area contributed by atoms with Crippen molar-refractivity contribution >= 4 is 23.2 Å². The molecule has 3 nitrogen and oxygen atoms in total. The lowest BCUT2D eigenvalue weighted by Crippen LogP contribution is -2.19. The van der Waals surface area contributed by atoms with Crippen LogP contribution < -0.4 is 9.47 Å². The van der Waals surface area contributed by atoms with Gasteiger partial charge in [0.25, 0.3) is 0 Å². The summed E-state index contributed by atoms with van der Waals surface area (Å²) < 4.78 is 51.2. The third-order valence-corrected chi connectivity index (χ3v) is 3.22. The van der Waals surface area contributed by atoms with Gasteiger partial charge in [0.1, 0.15) is 19.8 Å². The first-order chi connectivity index (χ1) is 9.37. The van der Waals surface area contributed by atoms with Crippen LogP contribution in [0.3, 0.4) is 0 Å². The summed E-state index contributed by atoms with van der Waals surface area (Å²) in [7, 11) is 0. The number of ether oxygens (including phenoxy) is 3. The van der Waals surface area contributed by atoms with Gasteiger partial charge in [-0.25, -0.2) is 0 Å². The van der Waals surface area contributed by atoms with Gasteiger partial charge in [0.2, 0.25) is 0 Å². The zero-order valence-electron chi connectivity index (χ0n) is 10.2. The Labute approximate surface area is 123 Å².